The topological polar surface area (TPSA) is 39.9 Å². The summed E-state index contributed by atoms with van der Waals surface area (Å²) in [6.07, 6.45) is 1.30. The summed E-state index contributed by atoms with van der Waals surface area (Å²) in [7, 11) is 1.58. The Kier molecular flexibility index (Phi) is 3.23. The molecule has 0 aliphatic heterocycles. The van der Waals surface area contributed by atoms with E-state index in [2.05, 4.69) is 9.97 Å². The number of rotatable bonds is 2. The lowest BCUT2D eigenvalue weighted by atomic mass is 10.3. The molecule has 20 heavy (non-hydrogen) atoms. The van der Waals surface area contributed by atoms with Crippen molar-refractivity contribution in [3.63, 3.8) is 0 Å². The highest BCUT2D eigenvalue weighted by Crippen LogP contribution is 2.29. The van der Waals surface area contributed by atoms with E-state index >= 15 is 0 Å². The fraction of sp³-hybridized carbons (Fsp3) is 0.0769. The van der Waals surface area contributed by atoms with Gasteiger partial charge in [0.25, 0.3) is 0 Å². The van der Waals surface area contributed by atoms with Crippen LogP contribution in [-0.2, 0) is 0 Å². The summed E-state index contributed by atoms with van der Waals surface area (Å²) in [5, 5.41) is 0.104. The maximum atomic E-state index is 14.0. The van der Waals surface area contributed by atoms with Crippen LogP contribution in [0.25, 0.3) is 16.7 Å². The predicted octanol–water partition coefficient (Wildman–Crippen LogP) is 3.88. The van der Waals surface area contributed by atoms with Crippen molar-refractivity contribution in [2.45, 2.75) is 0 Å². The van der Waals surface area contributed by atoms with E-state index in [0.717, 1.165) is 0 Å². The van der Waals surface area contributed by atoms with Gasteiger partial charge in [-0.05, 0) is 35.9 Å². The fourth-order valence-electron chi connectivity index (χ4n) is 1.96. The van der Waals surface area contributed by atoms with Crippen LogP contribution < -0.4 is 4.74 Å². The average Bonchev–Trinajstić information content (AvgIpc) is 2.76. The van der Waals surface area contributed by atoms with Gasteiger partial charge >= 0.3 is 0 Å². The second kappa shape index (κ2) is 4.92. The van der Waals surface area contributed by atoms with Crippen LogP contribution in [0.2, 0.25) is 10.4 Å². The molecule has 0 N–H and O–H groups in total. The van der Waals surface area contributed by atoms with Crippen LogP contribution >= 0.6 is 23.2 Å². The Bertz CT molecular complexity index is 786. The van der Waals surface area contributed by atoms with E-state index in [1.165, 1.54) is 6.20 Å². The second-order valence-electron chi connectivity index (χ2n) is 4.03. The molecule has 7 heteroatoms. The summed E-state index contributed by atoms with van der Waals surface area (Å²) in [4.78, 5) is 7.78. The molecule has 0 saturated carbocycles. The first-order valence-corrected chi connectivity index (χ1v) is 6.40. The number of ether oxygens (including phenoxy) is 1. The van der Waals surface area contributed by atoms with Crippen molar-refractivity contribution in [3.05, 3.63) is 46.7 Å². The van der Waals surface area contributed by atoms with Crippen molar-refractivity contribution < 1.29 is 9.13 Å². The molecule has 0 aliphatic rings. The maximum Gasteiger partial charge on any atom is 0.225 e. The molecule has 0 aliphatic carbocycles. The third-order valence-electron chi connectivity index (χ3n) is 2.88. The minimum atomic E-state index is -0.502. The largest absolute Gasteiger partial charge is 0.497 e. The summed E-state index contributed by atoms with van der Waals surface area (Å²) >= 11 is 11.7. The standard InChI is InChI=1S/C13H8Cl2FN3O/c1-20-8-4-2-7(3-5-8)19-6-9(16)10-11(14)17-13(15)18-12(10)19/h2-6H,1H3. The first-order chi connectivity index (χ1) is 9.60. The molecule has 0 bridgehead atoms. The Morgan fingerprint density at radius 1 is 1.15 bits per heavy atom. The van der Waals surface area contributed by atoms with Gasteiger partial charge in [0, 0.05) is 11.9 Å². The molecule has 3 rings (SSSR count). The molecule has 0 radical (unpaired) electrons. The zero-order valence-electron chi connectivity index (χ0n) is 10.3. The molecule has 3 aromatic rings. The van der Waals surface area contributed by atoms with E-state index in [0.29, 0.717) is 17.1 Å². The third-order valence-corrected chi connectivity index (χ3v) is 3.32. The number of nitrogens with zero attached hydrogens (tertiary/aromatic N) is 3. The molecule has 0 atom stereocenters. The van der Waals surface area contributed by atoms with Crippen molar-refractivity contribution in [3.8, 4) is 11.4 Å². The van der Waals surface area contributed by atoms with E-state index < -0.39 is 5.82 Å². The lowest BCUT2D eigenvalue weighted by Gasteiger charge is -2.06. The zero-order valence-corrected chi connectivity index (χ0v) is 11.8. The van der Waals surface area contributed by atoms with E-state index in [1.807, 2.05) is 0 Å². The van der Waals surface area contributed by atoms with E-state index in [9.17, 15) is 4.39 Å². The summed E-state index contributed by atoms with van der Waals surface area (Å²) in [6, 6.07) is 7.09. The Hall–Kier alpha value is -1.85. The molecule has 0 spiro atoms. The summed E-state index contributed by atoms with van der Waals surface area (Å²) in [6.45, 7) is 0. The van der Waals surface area contributed by atoms with Gasteiger partial charge in [0.05, 0.1) is 12.5 Å². The molecule has 2 heterocycles. The molecular formula is C13H8Cl2FN3O. The lowest BCUT2D eigenvalue weighted by Crippen LogP contribution is -1.95. The van der Waals surface area contributed by atoms with Gasteiger partial charge in [-0.15, -0.1) is 0 Å². The van der Waals surface area contributed by atoms with Crippen LogP contribution in [0, 0.1) is 5.82 Å². The average molecular weight is 312 g/mol. The monoisotopic (exact) mass is 311 g/mol. The number of aromatic nitrogens is 3. The van der Waals surface area contributed by atoms with Gasteiger partial charge in [-0.25, -0.2) is 9.37 Å². The van der Waals surface area contributed by atoms with Gasteiger partial charge in [0.1, 0.15) is 10.9 Å². The SMILES string of the molecule is COc1ccc(-n2cc(F)c3c(Cl)nc(Cl)nc32)cc1. The van der Waals surface area contributed by atoms with Gasteiger partial charge in [-0.1, -0.05) is 11.6 Å². The number of hydrogen-bond acceptors (Lipinski definition) is 3. The van der Waals surface area contributed by atoms with Gasteiger partial charge in [0.2, 0.25) is 5.28 Å². The van der Waals surface area contributed by atoms with Gasteiger partial charge < -0.3 is 4.74 Å². The number of halogens is 3. The number of benzene rings is 1. The second-order valence-corrected chi connectivity index (χ2v) is 4.72. The fourth-order valence-corrected chi connectivity index (χ4v) is 2.42. The predicted molar refractivity (Wildman–Crippen MR) is 75.4 cm³/mol. The minimum Gasteiger partial charge on any atom is -0.497 e. The maximum absolute atomic E-state index is 14.0. The van der Waals surface area contributed by atoms with Crippen LogP contribution in [0.5, 0.6) is 5.75 Å². The van der Waals surface area contributed by atoms with E-state index in [4.69, 9.17) is 27.9 Å². The summed E-state index contributed by atoms with van der Waals surface area (Å²) < 4.78 is 20.6. The van der Waals surface area contributed by atoms with Crippen LogP contribution in [0.1, 0.15) is 0 Å². The van der Waals surface area contributed by atoms with Crippen LogP contribution in [0.3, 0.4) is 0 Å². The van der Waals surface area contributed by atoms with E-state index in [-0.39, 0.29) is 15.8 Å². The third kappa shape index (κ3) is 2.09. The number of hydrogen-bond donors (Lipinski definition) is 0. The van der Waals surface area contributed by atoms with Crippen molar-refractivity contribution in [2.24, 2.45) is 0 Å². The van der Waals surface area contributed by atoms with Crippen molar-refractivity contribution in [1.29, 1.82) is 0 Å². The van der Waals surface area contributed by atoms with Crippen LogP contribution in [0.15, 0.2) is 30.5 Å². The lowest BCUT2D eigenvalue weighted by molar-refractivity contribution is 0.415. The van der Waals surface area contributed by atoms with Gasteiger partial charge in [0.15, 0.2) is 11.5 Å². The number of methoxy groups -OCH3 is 1. The normalized spacial score (nSPS) is 11.0. The smallest absolute Gasteiger partial charge is 0.225 e. The highest BCUT2D eigenvalue weighted by molar-refractivity contribution is 6.35. The van der Waals surface area contributed by atoms with Gasteiger partial charge in [-0.3, -0.25) is 4.57 Å². The molecule has 1 aromatic carbocycles. The van der Waals surface area contributed by atoms with Crippen molar-refractivity contribution >= 4 is 34.2 Å². The molecule has 0 unspecified atom stereocenters. The molecule has 0 amide bonds. The Morgan fingerprint density at radius 2 is 1.85 bits per heavy atom. The first kappa shape index (κ1) is 13.1. The molecule has 0 saturated heterocycles. The van der Waals surface area contributed by atoms with Crippen LogP contribution in [0.4, 0.5) is 4.39 Å². The Balaban J connectivity index is 2.25. The summed E-state index contributed by atoms with van der Waals surface area (Å²) in [5.41, 5.74) is 1.03. The first-order valence-electron chi connectivity index (χ1n) is 5.64. The highest BCUT2D eigenvalue weighted by Gasteiger charge is 2.16. The Morgan fingerprint density at radius 3 is 2.50 bits per heavy atom. The van der Waals surface area contributed by atoms with E-state index in [1.54, 1.807) is 35.9 Å². The molecule has 102 valence electrons. The van der Waals surface area contributed by atoms with Crippen molar-refractivity contribution in [1.82, 2.24) is 14.5 Å². The van der Waals surface area contributed by atoms with Crippen molar-refractivity contribution in [2.75, 3.05) is 7.11 Å². The Labute approximate surface area is 123 Å². The molecule has 4 nitrogen and oxygen atoms in total. The van der Waals surface area contributed by atoms with Crippen LogP contribution in [-0.4, -0.2) is 21.6 Å². The molecular weight excluding hydrogens is 304 g/mol. The number of fused-ring (bicyclic) bond motifs is 1. The quantitative estimate of drug-likeness (QED) is 0.532. The zero-order chi connectivity index (χ0) is 14.3. The summed E-state index contributed by atoms with van der Waals surface area (Å²) in [5.74, 6) is 0.203. The minimum absolute atomic E-state index is 0.00948. The highest BCUT2D eigenvalue weighted by atomic mass is 35.5. The molecule has 0 fully saturated rings. The van der Waals surface area contributed by atoms with Gasteiger partial charge in [-0.2, -0.15) is 4.98 Å². The molecule has 2 aromatic heterocycles.